The second kappa shape index (κ2) is 2.20. The summed E-state index contributed by atoms with van der Waals surface area (Å²) in [5, 5.41) is 0. The maximum absolute atomic E-state index is 11.1. The van der Waals surface area contributed by atoms with Crippen LogP contribution in [0.3, 0.4) is 0 Å². The average Bonchev–Trinajstić information content (AvgIpc) is 2.17. The molecule has 0 bridgehead atoms. The Morgan fingerprint density at radius 2 is 1.64 bits per heavy atom. The molecule has 2 heterocycles. The van der Waals surface area contributed by atoms with Crippen molar-refractivity contribution in [2.24, 2.45) is 11.8 Å². The normalized spacial score (nSPS) is 42.6. The highest BCUT2D eigenvalue weighted by Crippen LogP contribution is 2.31. The summed E-state index contributed by atoms with van der Waals surface area (Å²) in [6.07, 6.45) is 0. The minimum absolute atomic E-state index is 0.433. The first-order chi connectivity index (χ1) is 5.07. The van der Waals surface area contributed by atoms with Crippen LogP contribution in [-0.2, 0) is 9.84 Å². The molecule has 2 atom stereocenters. The summed E-state index contributed by atoms with van der Waals surface area (Å²) in [6.45, 7) is 1.95. The van der Waals surface area contributed by atoms with Crippen LogP contribution in [0.15, 0.2) is 0 Å². The number of hydrogen-bond acceptors (Lipinski definition) is 3. The molecule has 0 radical (unpaired) electrons. The van der Waals surface area contributed by atoms with Crippen molar-refractivity contribution in [2.75, 3.05) is 31.6 Å². The SMILES string of the molecule is CN1C[C@@H]2CS(=O)(=O)C[C@@H]2C1. The van der Waals surface area contributed by atoms with Crippen LogP contribution >= 0.6 is 0 Å². The molecule has 0 N–H and O–H groups in total. The third kappa shape index (κ3) is 1.29. The highest BCUT2D eigenvalue weighted by atomic mass is 32.2. The summed E-state index contributed by atoms with van der Waals surface area (Å²) in [7, 11) is -0.595. The summed E-state index contributed by atoms with van der Waals surface area (Å²) in [5.41, 5.74) is 0. The van der Waals surface area contributed by atoms with Gasteiger partial charge in [-0.1, -0.05) is 0 Å². The van der Waals surface area contributed by atoms with E-state index < -0.39 is 9.84 Å². The standard InChI is InChI=1S/C7H13NO2S/c1-8-2-6-4-11(9,10)5-7(6)3-8/h6-7H,2-5H2,1H3/t6-,7+. The molecule has 0 aromatic heterocycles. The van der Waals surface area contributed by atoms with Crippen molar-refractivity contribution in [1.82, 2.24) is 4.90 Å². The lowest BCUT2D eigenvalue weighted by Gasteiger charge is -2.07. The second-order valence-corrected chi connectivity index (χ2v) is 5.97. The molecule has 0 unspecified atom stereocenters. The minimum atomic E-state index is -2.66. The van der Waals surface area contributed by atoms with Gasteiger partial charge in [0.2, 0.25) is 0 Å². The van der Waals surface area contributed by atoms with Crippen LogP contribution in [0.2, 0.25) is 0 Å². The van der Waals surface area contributed by atoms with E-state index in [4.69, 9.17) is 0 Å². The molecule has 64 valence electrons. The van der Waals surface area contributed by atoms with Crippen LogP contribution in [0.1, 0.15) is 0 Å². The number of likely N-dealkylation sites (tertiary alicyclic amines) is 1. The van der Waals surface area contributed by atoms with Gasteiger partial charge in [0.1, 0.15) is 0 Å². The maximum Gasteiger partial charge on any atom is 0.150 e. The van der Waals surface area contributed by atoms with E-state index in [9.17, 15) is 8.42 Å². The van der Waals surface area contributed by atoms with Crippen LogP contribution in [-0.4, -0.2) is 45.0 Å². The second-order valence-electron chi connectivity index (χ2n) is 3.82. The Morgan fingerprint density at radius 1 is 1.18 bits per heavy atom. The summed E-state index contributed by atoms with van der Waals surface area (Å²) in [5.74, 6) is 1.74. The fourth-order valence-corrected chi connectivity index (χ4v) is 4.47. The Kier molecular flexibility index (Phi) is 1.51. The molecule has 2 aliphatic heterocycles. The monoisotopic (exact) mass is 175 g/mol. The van der Waals surface area contributed by atoms with Crippen molar-refractivity contribution in [1.29, 1.82) is 0 Å². The van der Waals surface area contributed by atoms with Crippen molar-refractivity contribution in [2.45, 2.75) is 0 Å². The molecule has 0 aromatic rings. The number of sulfone groups is 1. The number of rotatable bonds is 0. The molecule has 2 fully saturated rings. The molecule has 0 spiro atoms. The third-order valence-corrected chi connectivity index (χ3v) is 4.57. The van der Waals surface area contributed by atoms with Crippen LogP contribution in [0, 0.1) is 11.8 Å². The quantitative estimate of drug-likeness (QED) is 0.502. The Bertz CT molecular complexity index is 240. The number of nitrogens with zero attached hydrogens (tertiary/aromatic N) is 1. The van der Waals surface area contributed by atoms with Gasteiger partial charge >= 0.3 is 0 Å². The zero-order chi connectivity index (χ0) is 8.06. The highest BCUT2D eigenvalue weighted by molar-refractivity contribution is 7.91. The molecule has 0 saturated carbocycles. The fourth-order valence-electron chi connectivity index (χ4n) is 2.27. The first kappa shape index (κ1) is 7.55. The lowest BCUT2D eigenvalue weighted by molar-refractivity contribution is 0.396. The Balaban J connectivity index is 2.16. The van der Waals surface area contributed by atoms with Crippen molar-refractivity contribution in [3.05, 3.63) is 0 Å². The van der Waals surface area contributed by atoms with E-state index in [1.165, 1.54) is 0 Å². The third-order valence-electron chi connectivity index (χ3n) is 2.70. The van der Waals surface area contributed by atoms with Gasteiger partial charge in [-0.05, 0) is 18.9 Å². The van der Waals surface area contributed by atoms with Gasteiger partial charge in [0, 0.05) is 13.1 Å². The molecule has 0 aliphatic carbocycles. The minimum Gasteiger partial charge on any atom is -0.306 e. The maximum atomic E-state index is 11.1. The van der Waals surface area contributed by atoms with E-state index in [-0.39, 0.29) is 0 Å². The van der Waals surface area contributed by atoms with Gasteiger partial charge in [-0.25, -0.2) is 8.42 Å². The summed E-state index contributed by atoms with van der Waals surface area (Å²) in [6, 6.07) is 0. The Morgan fingerprint density at radius 3 is 2.09 bits per heavy atom. The average molecular weight is 175 g/mol. The summed E-state index contributed by atoms with van der Waals surface area (Å²) in [4.78, 5) is 2.23. The first-order valence-electron chi connectivity index (χ1n) is 3.96. The van der Waals surface area contributed by atoms with Gasteiger partial charge in [0.05, 0.1) is 11.5 Å². The van der Waals surface area contributed by atoms with E-state index in [1.807, 2.05) is 0 Å². The molecule has 2 rings (SSSR count). The predicted molar refractivity (Wildman–Crippen MR) is 43.1 cm³/mol. The lowest BCUT2D eigenvalue weighted by atomic mass is 10.0. The van der Waals surface area contributed by atoms with Crippen molar-refractivity contribution in [3.63, 3.8) is 0 Å². The van der Waals surface area contributed by atoms with Crippen molar-refractivity contribution >= 4 is 9.84 Å². The van der Waals surface area contributed by atoms with Gasteiger partial charge in [0.25, 0.3) is 0 Å². The Labute approximate surface area is 67.3 Å². The Hall–Kier alpha value is -0.0900. The van der Waals surface area contributed by atoms with Crippen LogP contribution in [0.5, 0.6) is 0 Å². The van der Waals surface area contributed by atoms with Crippen molar-refractivity contribution < 1.29 is 8.42 Å². The molecular formula is C7H13NO2S. The fraction of sp³-hybridized carbons (Fsp3) is 1.00. The largest absolute Gasteiger partial charge is 0.306 e. The molecule has 0 amide bonds. The van der Waals surface area contributed by atoms with Crippen LogP contribution in [0.4, 0.5) is 0 Å². The summed E-state index contributed by atoms with van der Waals surface area (Å²) < 4.78 is 22.3. The molecular weight excluding hydrogens is 162 g/mol. The van der Waals surface area contributed by atoms with E-state index in [0.717, 1.165) is 13.1 Å². The molecule has 3 nitrogen and oxygen atoms in total. The number of hydrogen-bond donors (Lipinski definition) is 0. The highest BCUT2D eigenvalue weighted by Gasteiger charge is 2.42. The smallest absolute Gasteiger partial charge is 0.150 e. The molecule has 11 heavy (non-hydrogen) atoms. The molecule has 0 aromatic carbocycles. The zero-order valence-electron chi connectivity index (χ0n) is 6.66. The van der Waals surface area contributed by atoms with Gasteiger partial charge < -0.3 is 4.90 Å². The topological polar surface area (TPSA) is 37.4 Å². The number of fused-ring (bicyclic) bond motifs is 1. The zero-order valence-corrected chi connectivity index (χ0v) is 7.47. The van der Waals surface area contributed by atoms with E-state index in [1.54, 1.807) is 0 Å². The van der Waals surface area contributed by atoms with E-state index in [0.29, 0.717) is 23.3 Å². The predicted octanol–water partition coefficient (Wildman–Crippen LogP) is -0.407. The van der Waals surface area contributed by atoms with Gasteiger partial charge in [-0.2, -0.15) is 0 Å². The van der Waals surface area contributed by atoms with Gasteiger partial charge in [-0.3, -0.25) is 0 Å². The molecule has 2 saturated heterocycles. The van der Waals surface area contributed by atoms with Gasteiger partial charge in [-0.15, -0.1) is 0 Å². The van der Waals surface area contributed by atoms with E-state index in [2.05, 4.69) is 11.9 Å². The van der Waals surface area contributed by atoms with Crippen molar-refractivity contribution in [3.8, 4) is 0 Å². The van der Waals surface area contributed by atoms with E-state index >= 15 is 0 Å². The lowest BCUT2D eigenvalue weighted by Crippen LogP contribution is -2.19. The molecule has 2 aliphatic rings. The molecule has 4 heteroatoms. The van der Waals surface area contributed by atoms with Crippen LogP contribution < -0.4 is 0 Å². The first-order valence-corrected chi connectivity index (χ1v) is 5.78. The van der Waals surface area contributed by atoms with Gasteiger partial charge in [0.15, 0.2) is 9.84 Å². The van der Waals surface area contributed by atoms with Crippen LogP contribution in [0.25, 0.3) is 0 Å². The summed E-state index contributed by atoms with van der Waals surface area (Å²) >= 11 is 0.